The minimum Gasteiger partial charge on any atom is -0.333 e. The number of allylic oxidation sites excluding steroid dienone is 18. The second-order valence-electron chi connectivity index (χ2n) is 16.8. The summed E-state index contributed by atoms with van der Waals surface area (Å²) in [5.74, 6) is 0. The van der Waals surface area contributed by atoms with E-state index in [4.69, 9.17) is 0 Å². The Morgan fingerprint density at radius 1 is 0.672 bits per heavy atom. The van der Waals surface area contributed by atoms with Crippen LogP contribution in [0.2, 0.25) is 0 Å². The van der Waals surface area contributed by atoms with E-state index < -0.39 is 5.41 Å². The lowest BCUT2D eigenvalue weighted by Crippen LogP contribution is -2.40. The third-order valence-electron chi connectivity index (χ3n) is 13.7. The first kappa shape index (κ1) is 35.6. The lowest BCUT2D eigenvalue weighted by molar-refractivity contribution is 0.611. The van der Waals surface area contributed by atoms with Gasteiger partial charge in [0.25, 0.3) is 0 Å². The van der Waals surface area contributed by atoms with Crippen molar-refractivity contribution in [3.05, 3.63) is 262 Å². The van der Waals surface area contributed by atoms with Gasteiger partial charge in [-0.15, -0.1) is 0 Å². The molecule has 0 fully saturated rings. The fourth-order valence-electron chi connectivity index (χ4n) is 11.1. The van der Waals surface area contributed by atoms with Crippen molar-refractivity contribution in [3.8, 4) is 0 Å². The molecule has 0 N–H and O–H groups in total. The average Bonchev–Trinajstić information content (AvgIpc) is 3.54. The van der Waals surface area contributed by atoms with Crippen molar-refractivity contribution in [2.24, 2.45) is 0 Å². The van der Waals surface area contributed by atoms with Gasteiger partial charge in [-0.3, -0.25) is 0 Å². The minimum atomic E-state index is -0.474. The van der Waals surface area contributed by atoms with Crippen LogP contribution in [0.4, 0.5) is 22.7 Å². The van der Waals surface area contributed by atoms with Crippen LogP contribution in [0.1, 0.15) is 47.9 Å². The van der Waals surface area contributed by atoms with Crippen molar-refractivity contribution >= 4 is 45.2 Å². The zero-order valence-electron chi connectivity index (χ0n) is 34.1. The standard InChI is InChI=1S/C59H44N2/c1-4-24-45(25-5-1)60(57-32-16-21-41-18-11-14-29-50(41)57)47-34-36-52-53-37-35-48(61(46-26-6-2-7-27-46)58-33-17-22-42-19-12-15-30-51(42)58)40-56(53)59(55(52)39-47)44-23-13-10-20-43(38-44)49-28-8-3-9-31-54(49)59/h1,4-6,8-14,16-29,31-37,39,48H,3,15,30,38,40H2. The predicted molar refractivity (Wildman–Crippen MR) is 255 cm³/mol. The molecule has 61 heavy (non-hydrogen) atoms. The molecule has 0 saturated heterocycles. The minimum absolute atomic E-state index is 0.0716. The molecule has 0 aromatic heterocycles. The summed E-state index contributed by atoms with van der Waals surface area (Å²) in [6.07, 6.45) is 39.6. The molecule has 0 heterocycles. The Morgan fingerprint density at radius 2 is 1.52 bits per heavy atom. The van der Waals surface area contributed by atoms with Crippen LogP contribution in [-0.2, 0) is 11.8 Å². The van der Waals surface area contributed by atoms with E-state index in [1.165, 1.54) is 77.8 Å². The molecule has 0 aliphatic heterocycles. The quantitative estimate of drug-likeness (QED) is 0.158. The van der Waals surface area contributed by atoms with E-state index >= 15 is 0 Å². The molecule has 2 nitrogen and oxygen atoms in total. The number of fused-ring (bicyclic) bond motifs is 11. The number of nitrogens with zero attached hydrogens (tertiary/aromatic N) is 2. The third-order valence-corrected chi connectivity index (χ3v) is 13.7. The highest BCUT2D eigenvalue weighted by atomic mass is 15.2. The highest BCUT2D eigenvalue weighted by molar-refractivity contribution is 6.00. The van der Waals surface area contributed by atoms with E-state index in [2.05, 4.69) is 216 Å². The van der Waals surface area contributed by atoms with Gasteiger partial charge in [0, 0.05) is 28.5 Å². The smallest absolute Gasteiger partial charge is 0.0650 e. The number of hydrogen-bond donors (Lipinski definition) is 0. The molecule has 0 radical (unpaired) electrons. The van der Waals surface area contributed by atoms with Crippen LogP contribution in [0, 0.1) is 0 Å². The van der Waals surface area contributed by atoms with Gasteiger partial charge in [-0.05, 0) is 142 Å². The molecular weight excluding hydrogens is 737 g/mol. The van der Waals surface area contributed by atoms with Gasteiger partial charge in [0.1, 0.15) is 0 Å². The third kappa shape index (κ3) is 5.58. The molecule has 0 saturated carbocycles. The van der Waals surface area contributed by atoms with Gasteiger partial charge in [-0.25, -0.2) is 0 Å². The Balaban J connectivity index is 1.09. The second kappa shape index (κ2) is 14.4. The van der Waals surface area contributed by atoms with Gasteiger partial charge in [0.15, 0.2) is 0 Å². The average molecular weight is 781 g/mol. The van der Waals surface area contributed by atoms with Crippen LogP contribution in [0.15, 0.2) is 239 Å². The van der Waals surface area contributed by atoms with E-state index in [0.29, 0.717) is 0 Å². The lowest BCUT2D eigenvalue weighted by atomic mass is 9.58. The van der Waals surface area contributed by atoms with Gasteiger partial charge in [-0.2, -0.15) is 0 Å². The van der Waals surface area contributed by atoms with Gasteiger partial charge in [0.2, 0.25) is 0 Å². The van der Waals surface area contributed by atoms with Crippen LogP contribution in [0.3, 0.4) is 0 Å². The van der Waals surface area contributed by atoms with Crippen LogP contribution in [0.25, 0.3) is 22.4 Å². The first-order valence-electron chi connectivity index (χ1n) is 21.8. The summed E-state index contributed by atoms with van der Waals surface area (Å²) in [5.41, 5.74) is 25.8. The molecular formula is C59H44N2. The fourth-order valence-corrected chi connectivity index (χ4v) is 11.1. The molecule has 2 atom stereocenters. The molecule has 2 bridgehead atoms. The monoisotopic (exact) mass is 780 g/mol. The van der Waals surface area contributed by atoms with E-state index in [9.17, 15) is 0 Å². The number of anilines is 4. The summed E-state index contributed by atoms with van der Waals surface area (Å²) in [7, 11) is 0. The van der Waals surface area contributed by atoms with E-state index in [1.54, 1.807) is 0 Å². The summed E-state index contributed by atoms with van der Waals surface area (Å²) in [6, 6.07) is 40.6. The summed E-state index contributed by atoms with van der Waals surface area (Å²) in [5, 5.41) is 2.46. The van der Waals surface area contributed by atoms with Crippen molar-refractivity contribution in [2.75, 3.05) is 9.80 Å². The first-order valence-corrected chi connectivity index (χ1v) is 21.8. The van der Waals surface area contributed by atoms with Crippen molar-refractivity contribution in [3.63, 3.8) is 0 Å². The molecule has 5 aromatic rings. The lowest BCUT2D eigenvalue weighted by Gasteiger charge is -2.45. The molecule has 2 heteroatoms. The second-order valence-corrected chi connectivity index (χ2v) is 16.8. The van der Waals surface area contributed by atoms with Gasteiger partial charge in [0.05, 0.1) is 22.8 Å². The largest absolute Gasteiger partial charge is 0.333 e. The Bertz CT molecular complexity index is 3130. The zero-order valence-corrected chi connectivity index (χ0v) is 34.1. The zero-order chi connectivity index (χ0) is 40.3. The molecule has 7 aliphatic carbocycles. The molecule has 2 unspecified atom stereocenters. The SMILES string of the molecule is C1=C=CC(N(c2cccc3c2CCC=C3)C2C=CC3=C(C2)C2(C4=CC=CC=C(C4)C4=C2C=CCC=C4)c2cc(N(c4ccccc4)c4cccc5ccccc45)ccc23)=CC=1. The summed E-state index contributed by atoms with van der Waals surface area (Å²) < 4.78 is 0. The Kier molecular flexibility index (Phi) is 8.42. The van der Waals surface area contributed by atoms with Crippen LogP contribution >= 0.6 is 0 Å². The first-order chi connectivity index (χ1) is 30.3. The van der Waals surface area contributed by atoms with Crippen molar-refractivity contribution in [2.45, 2.75) is 43.6 Å². The van der Waals surface area contributed by atoms with E-state index in [-0.39, 0.29) is 6.04 Å². The Labute approximate surface area is 358 Å². The predicted octanol–water partition coefficient (Wildman–Crippen LogP) is 14.5. The molecule has 1 spiro atoms. The van der Waals surface area contributed by atoms with E-state index in [0.717, 1.165) is 49.2 Å². The van der Waals surface area contributed by atoms with Crippen LogP contribution in [-0.4, -0.2) is 6.04 Å². The van der Waals surface area contributed by atoms with E-state index in [1.807, 2.05) is 6.08 Å². The maximum atomic E-state index is 3.31. The molecule has 5 aromatic carbocycles. The van der Waals surface area contributed by atoms with Crippen LogP contribution < -0.4 is 9.80 Å². The highest BCUT2D eigenvalue weighted by Crippen LogP contribution is 2.64. The summed E-state index contributed by atoms with van der Waals surface area (Å²) >= 11 is 0. The van der Waals surface area contributed by atoms with Gasteiger partial charge in [-0.1, -0.05) is 157 Å². The molecule has 0 amide bonds. The summed E-state index contributed by atoms with van der Waals surface area (Å²) in [6.45, 7) is 0. The number of benzene rings is 5. The normalized spacial score (nSPS) is 21.1. The van der Waals surface area contributed by atoms with Crippen molar-refractivity contribution in [1.82, 2.24) is 0 Å². The number of rotatable bonds is 6. The van der Waals surface area contributed by atoms with Gasteiger partial charge >= 0.3 is 0 Å². The van der Waals surface area contributed by atoms with Crippen molar-refractivity contribution in [1.29, 1.82) is 0 Å². The molecule has 12 rings (SSSR count). The maximum Gasteiger partial charge on any atom is 0.0650 e. The Hall–Kier alpha value is -7.34. The number of hydrogen-bond acceptors (Lipinski definition) is 2. The molecule has 290 valence electrons. The van der Waals surface area contributed by atoms with Crippen LogP contribution in [0.5, 0.6) is 0 Å². The fraction of sp³-hybridized carbons (Fsp3) is 0.119. The summed E-state index contributed by atoms with van der Waals surface area (Å²) in [4.78, 5) is 5.06. The number of para-hydroxylation sites is 1. The Morgan fingerprint density at radius 3 is 2.46 bits per heavy atom. The highest BCUT2D eigenvalue weighted by Gasteiger charge is 2.53. The van der Waals surface area contributed by atoms with Crippen molar-refractivity contribution < 1.29 is 0 Å². The maximum absolute atomic E-state index is 3.31. The topological polar surface area (TPSA) is 6.48 Å². The van der Waals surface area contributed by atoms with Gasteiger partial charge < -0.3 is 9.80 Å². The molecule has 7 aliphatic rings.